The first-order valence-corrected chi connectivity index (χ1v) is 12.9. The van der Waals surface area contributed by atoms with E-state index in [-0.39, 0.29) is 33.6 Å². The second-order valence-electron chi connectivity index (χ2n) is 9.19. The number of methoxy groups -OCH3 is 3. The highest BCUT2D eigenvalue weighted by Crippen LogP contribution is 2.42. The van der Waals surface area contributed by atoms with E-state index in [4.69, 9.17) is 23.4 Å². The molecule has 4 rings (SSSR count). The summed E-state index contributed by atoms with van der Waals surface area (Å²) in [5.41, 5.74) is 1.69. The van der Waals surface area contributed by atoms with Gasteiger partial charge in [-0.2, -0.15) is 0 Å². The van der Waals surface area contributed by atoms with Crippen molar-refractivity contribution in [2.24, 2.45) is 0 Å². The Bertz CT molecular complexity index is 1460. The number of aromatic hydroxyl groups is 1. The number of fused-ring (bicyclic) bond motifs is 1. The van der Waals surface area contributed by atoms with Crippen molar-refractivity contribution in [3.8, 4) is 40.1 Å². The first kappa shape index (κ1) is 27.9. The number of para-hydroxylation sites is 1. The second-order valence-corrected chi connectivity index (χ2v) is 9.19. The fraction of sp³-hybridized carbons (Fsp3) is 0.323. The number of ether oxygens (including phenoxy) is 4. The summed E-state index contributed by atoms with van der Waals surface area (Å²) in [6.07, 6.45) is 0.860. The van der Waals surface area contributed by atoms with E-state index < -0.39 is 0 Å². The first-order chi connectivity index (χ1) is 18.9. The topological polar surface area (TPSA) is 90.6 Å². The summed E-state index contributed by atoms with van der Waals surface area (Å²) >= 11 is 0. The number of rotatable bonds is 12. The van der Waals surface area contributed by atoms with Gasteiger partial charge in [0.25, 0.3) is 0 Å². The number of nitrogens with zero attached hydrogens (tertiary/aromatic N) is 1. The van der Waals surface area contributed by atoms with Crippen LogP contribution in [0.25, 0.3) is 22.3 Å². The molecule has 8 heteroatoms. The molecule has 8 nitrogen and oxygen atoms in total. The zero-order chi connectivity index (χ0) is 27.9. The van der Waals surface area contributed by atoms with E-state index in [2.05, 4.69) is 24.8 Å². The van der Waals surface area contributed by atoms with Crippen LogP contribution in [0.3, 0.4) is 0 Å². The number of hydrogen-bond donors (Lipinski definition) is 1. The summed E-state index contributed by atoms with van der Waals surface area (Å²) < 4.78 is 27.9. The lowest BCUT2D eigenvalue weighted by atomic mass is 10.1. The van der Waals surface area contributed by atoms with E-state index in [9.17, 15) is 9.90 Å². The highest BCUT2D eigenvalue weighted by molar-refractivity contribution is 5.89. The average molecular weight is 534 g/mol. The smallest absolute Gasteiger partial charge is 0.204 e. The van der Waals surface area contributed by atoms with Gasteiger partial charge in [-0.25, -0.2) is 0 Å². The predicted octanol–water partition coefficient (Wildman–Crippen LogP) is 5.87. The Morgan fingerprint density at radius 2 is 1.67 bits per heavy atom. The summed E-state index contributed by atoms with van der Waals surface area (Å²) in [6.45, 7) is 6.65. The third kappa shape index (κ3) is 6.12. The van der Waals surface area contributed by atoms with E-state index in [0.717, 1.165) is 31.0 Å². The number of phenols is 1. The highest BCUT2D eigenvalue weighted by atomic mass is 16.5. The molecular weight excluding hydrogens is 498 g/mol. The maximum absolute atomic E-state index is 12.8. The molecule has 4 aromatic rings. The molecule has 206 valence electrons. The van der Waals surface area contributed by atoms with Crippen LogP contribution in [0.4, 0.5) is 0 Å². The predicted molar refractivity (Wildman–Crippen MR) is 151 cm³/mol. The quantitative estimate of drug-likeness (QED) is 0.242. The molecule has 1 unspecified atom stereocenters. The van der Waals surface area contributed by atoms with Crippen molar-refractivity contribution in [2.75, 3.05) is 34.5 Å². The highest BCUT2D eigenvalue weighted by Gasteiger charge is 2.20. The molecule has 1 heterocycles. The first-order valence-electron chi connectivity index (χ1n) is 12.9. The molecule has 0 saturated heterocycles. The Kier molecular flexibility index (Phi) is 8.99. The maximum atomic E-state index is 12.8. The normalized spacial score (nSPS) is 11.9. The van der Waals surface area contributed by atoms with Crippen LogP contribution in [-0.4, -0.2) is 50.5 Å². The summed E-state index contributed by atoms with van der Waals surface area (Å²) in [5.74, 6) is 2.04. The molecule has 1 atom stereocenters. The van der Waals surface area contributed by atoms with Crippen LogP contribution in [0.2, 0.25) is 0 Å². The fourth-order valence-electron chi connectivity index (χ4n) is 4.63. The third-order valence-corrected chi connectivity index (χ3v) is 6.88. The second kappa shape index (κ2) is 12.6. The van der Waals surface area contributed by atoms with Gasteiger partial charge in [-0.15, -0.1) is 0 Å². The summed E-state index contributed by atoms with van der Waals surface area (Å²) in [4.78, 5) is 15.2. The van der Waals surface area contributed by atoms with Crippen LogP contribution >= 0.6 is 0 Å². The Labute approximate surface area is 228 Å². The summed E-state index contributed by atoms with van der Waals surface area (Å²) in [6, 6.07) is 18.7. The lowest BCUT2D eigenvalue weighted by Crippen LogP contribution is -2.33. The standard InChI is InChI=1S/C31H35NO7/c1-6-32(19-22-9-7-8-10-25(22)35-3)20(2)15-16-38-23-13-11-21(12-14-23)26-17-24(33)29-27(39-26)18-28(36-4)31(37-5)30(29)34/h7-14,17-18,20,34H,6,15-16,19H2,1-5H3. The van der Waals surface area contributed by atoms with Crippen molar-refractivity contribution >= 4 is 11.0 Å². The van der Waals surface area contributed by atoms with E-state index >= 15 is 0 Å². The van der Waals surface area contributed by atoms with Gasteiger partial charge in [0.05, 0.1) is 27.9 Å². The molecule has 0 spiro atoms. The van der Waals surface area contributed by atoms with Gasteiger partial charge in [0.15, 0.2) is 16.9 Å². The number of hydrogen-bond acceptors (Lipinski definition) is 8. The zero-order valence-electron chi connectivity index (χ0n) is 23.0. The Morgan fingerprint density at radius 3 is 2.33 bits per heavy atom. The van der Waals surface area contributed by atoms with E-state index in [1.165, 1.54) is 31.9 Å². The maximum Gasteiger partial charge on any atom is 0.204 e. The number of benzene rings is 3. The minimum atomic E-state index is -0.382. The van der Waals surface area contributed by atoms with Gasteiger partial charge in [0, 0.05) is 35.8 Å². The van der Waals surface area contributed by atoms with Crippen LogP contribution in [-0.2, 0) is 6.54 Å². The molecule has 1 N–H and O–H groups in total. The van der Waals surface area contributed by atoms with Crippen molar-refractivity contribution in [2.45, 2.75) is 32.9 Å². The molecule has 0 radical (unpaired) electrons. The van der Waals surface area contributed by atoms with Crippen molar-refractivity contribution in [3.05, 3.63) is 76.5 Å². The lowest BCUT2D eigenvalue weighted by Gasteiger charge is -2.28. The Hall–Kier alpha value is -4.17. The molecule has 1 aromatic heterocycles. The Balaban J connectivity index is 1.42. The van der Waals surface area contributed by atoms with Crippen molar-refractivity contribution in [1.29, 1.82) is 0 Å². The van der Waals surface area contributed by atoms with Crippen LogP contribution < -0.4 is 24.4 Å². The van der Waals surface area contributed by atoms with Crippen LogP contribution in [0.5, 0.6) is 28.7 Å². The van der Waals surface area contributed by atoms with Crippen molar-refractivity contribution < 1.29 is 28.5 Å². The average Bonchev–Trinajstić information content (AvgIpc) is 2.95. The van der Waals surface area contributed by atoms with E-state index in [1.54, 1.807) is 7.11 Å². The fourth-order valence-corrected chi connectivity index (χ4v) is 4.63. The van der Waals surface area contributed by atoms with Gasteiger partial charge in [-0.1, -0.05) is 25.1 Å². The van der Waals surface area contributed by atoms with Gasteiger partial charge >= 0.3 is 0 Å². The van der Waals surface area contributed by atoms with Crippen LogP contribution in [0.15, 0.2) is 69.9 Å². The van der Waals surface area contributed by atoms with E-state index in [1.807, 2.05) is 42.5 Å². The van der Waals surface area contributed by atoms with Gasteiger partial charge in [-0.3, -0.25) is 9.69 Å². The molecular formula is C31H35NO7. The minimum Gasteiger partial charge on any atom is -0.504 e. The minimum absolute atomic E-state index is 0.0392. The van der Waals surface area contributed by atoms with E-state index in [0.29, 0.717) is 24.0 Å². The van der Waals surface area contributed by atoms with Crippen LogP contribution in [0.1, 0.15) is 25.8 Å². The Morgan fingerprint density at radius 1 is 0.949 bits per heavy atom. The number of phenolic OH excluding ortho intramolecular Hbond substituents is 1. The molecule has 0 aliphatic heterocycles. The van der Waals surface area contributed by atoms with Crippen molar-refractivity contribution in [1.82, 2.24) is 4.90 Å². The monoisotopic (exact) mass is 533 g/mol. The van der Waals surface area contributed by atoms with Gasteiger partial charge < -0.3 is 28.5 Å². The van der Waals surface area contributed by atoms with Gasteiger partial charge in [0.2, 0.25) is 5.75 Å². The summed E-state index contributed by atoms with van der Waals surface area (Å²) in [7, 11) is 4.54. The molecule has 0 aliphatic rings. The third-order valence-electron chi connectivity index (χ3n) is 6.88. The van der Waals surface area contributed by atoms with Crippen molar-refractivity contribution in [3.63, 3.8) is 0 Å². The summed E-state index contributed by atoms with van der Waals surface area (Å²) in [5, 5.41) is 10.6. The molecule has 0 fully saturated rings. The molecule has 3 aromatic carbocycles. The molecule has 0 bridgehead atoms. The largest absolute Gasteiger partial charge is 0.504 e. The molecule has 0 saturated carbocycles. The molecule has 0 amide bonds. The van der Waals surface area contributed by atoms with Gasteiger partial charge in [-0.05, 0) is 50.2 Å². The van der Waals surface area contributed by atoms with Crippen LogP contribution in [0, 0.1) is 0 Å². The SMILES string of the molecule is CCN(Cc1ccccc1OC)C(C)CCOc1ccc(-c2cc(=O)c3c(O)c(OC)c(OC)cc3o2)cc1. The molecule has 0 aliphatic carbocycles. The van der Waals surface area contributed by atoms with Gasteiger partial charge in [0.1, 0.15) is 28.2 Å². The molecule has 39 heavy (non-hydrogen) atoms. The zero-order valence-corrected chi connectivity index (χ0v) is 23.0. The lowest BCUT2D eigenvalue weighted by molar-refractivity contribution is 0.173.